The SMILES string of the molecule is CSC(C)CC1OC(=O)C(C(=O)CCc2c[nH]c3ccccc23)=C1O. The van der Waals surface area contributed by atoms with Crippen molar-refractivity contribution in [2.45, 2.75) is 37.5 Å². The maximum absolute atomic E-state index is 12.5. The number of H-pyrrole nitrogens is 1. The first kappa shape index (κ1) is 17.6. The number of aryl methyl sites for hydroxylation is 1. The molecule has 2 heterocycles. The minimum atomic E-state index is -0.709. The highest BCUT2D eigenvalue weighted by Crippen LogP contribution is 2.28. The van der Waals surface area contributed by atoms with Gasteiger partial charge >= 0.3 is 5.97 Å². The van der Waals surface area contributed by atoms with Crippen LogP contribution in [0.4, 0.5) is 0 Å². The lowest BCUT2D eigenvalue weighted by atomic mass is 10.0. The summed E-state index contributed by atoms with van der Waals surface area (Å²) < 4.78 is 5.18. The molecule has 5 nitrogen and oxygen atoms in total. The summed E-state index contributed by atoms with van der Waals surface area (Å²) in [5.41, 5.74) is 1.85. The second kappa shape index (κ2) is 7.35. The van der Waals surface area contributed by atoms with Crippen LogP contribution in [0, 0.1) is 0 Å². The Morgan fingerprint density at radius 1 is 1.40 bits per heavy atom. The summed E-state index contributed by atoms with van der Waals surface area (Å²) >= 11 is 1.62. The Labute approximate surface area is 150 Å². The van der Waals surface area contributed by atoms with E-state index in [9.17, 15) is 14.7 Å². The van der Waals surface area contributed by atoms with Crippen molar-refractivity contribution >= 4 is 34.4 Å². The van der Waals surface area contributed by atoms with Crippen molar-refractivity contribution < 1.29 is 19.4 Å². The summed E-state index contributed by atoms with van der Waals surface area (Å²) in [5.74, 6) is -1.29. The van der Waals surface area contributed by atoms with E-state index in [1.807, 2.05) is 43.6 Å². The zero-order valence-corrected chi connectivity index (χ0v) is 15.1. The molecule has 6 heteroatoms. The maximum atomic E-state index is 12.5. The molecule has 132 valence electrons. The van der Waals surface area contributed by atoms with Crippen LogP contribution in [0.2, 0.25) is 0 Å². The first-order valence-corrected chi connectivity index (χ1v) is 9.55. The van der Waals surface area contributed by atoms with E-state index in [1.54, 1.807) is 11.8 Å². The van der Waals surface area contributed by atoms with Gasteiger partial charge in [-0.05, 0) is 24.3 Å². The van der Waals surface area contributed by atoms with Gasteiger partial charge < -0.3 is 14.8 Å². The number of ketones is 1. The van der Waals surface area contributed by atoms with Gasteiger partial charge in [0.2, 0.25) is 0 Å². The summed E-state index contributed by atoms with van der Waals surface area (Å²) in [4.78, 5) is 27.6. The molecule has 3 rings (SSSR count). The number of hydrogen-bond acceptors (Lipinski definition) is 5. The van der Waals surface area contributed by atoms with Crippen LogP contribution in [0.3, 0.4) is 0 Å². The number of aliphatic hydroxyl groups is 1. The number of benzene rings is 1. The quantitative estimate of drug-likeness (QED) is 0.584. The third-order valence-corrected chi connectivity index (χ3v) is 5.54. The second-order valence-electron chi connectivity index (χ2n) is 6.22. The predicted molar refractivity (Wildman–Crippen MR) is 98.8 cm³/mol. The van der Waals surface area contributed by atoms with Crippen LogP contribution in [0.15, 0.2) is 41.8 Å². The second-order valence-corrected chi connectivity index (χ2v) is 7.50. The number of hydrogen-bond donors (Lipinski definition) is 2. The fraction of sp³-hybridized carbons (Fsp3) is 0.368. The molecule has 0 radical (unpaired) electrons. The normalized spacial score (nSPS) is 18.6. The van der Waals surface area contributed by atoms with E-state index in [2.05, 4.69) is 4.98 Å². The van der Waals surface area contributed by atoms with Gasteiger partial charge in [-0.2, -0.15) is 11.8 Å². The molecule has 25 heavy (non-hydrogen) atoms. The Hall–Kier alpha value is -2.21. The zero-order valence-electron chi connectivity index (χ0n) is 14.2. The molecule has 0 saturated carbocycles. The number of thioether (sulfide) groups is 1. The number of Topliss-reactive ketones (excluding diaryl/α,β-unsaturated/α-hetero) is 1. The van der Waals surface area contributed by atoms with Gasteiger partial charge in [0.1, 0.15) is 5.57 Å². The Morgan fingerprint density at radius 3 is 2.92 bits per heavy atom. The van der Waals surface area contributed by atoms with Crippen molar-refractivity contribution in [3.05, 3.63) is 47.4 Å². The van der Waals surface area contributed by atoms with Crippen LogP contribution in [0.25, 0.3) is 10.9 Å². The largest absolute Gasteiger partial charge is 0.507 e. The molecule has 1 aromatic carbocycles. The zero-order chi connectivity index (χ0) is 18.0. The van der Waals surface area contributed by atoms with E-state index in [4.69, 9.17) is 4.74 Å². The Bertz CT molecular complexity index is 839. The predicted octanol–water partition coefficient (Wildman–Crippen LogP) is 3.55. The number of fused-ring (bicyclic) bond motifs is 1. The molecule has 1 aromatic heterocycles. The minimum absolute atomic E-state index is 0.154. The molecule has 0 saturated heterocycles. The number of esters is 1. The Morgan fingerprint density at radius 2 is 2.16 bits per heavy atom. The summed E-state index contributed by atoms with van der Waals surface area (Å²) in [6.45, 7) is 1.99. The molecule has 1 aliphatic heterocycles. The van der Waals surface area contributed by atoms with E-state index < -0.39 is 12.1 Å². The standard InChI is InChI=1S/C19H21NO4S/c1-11(25-2)9-16-18(22)17(19(23)24-16)15(21)8-7-12-10-20-14-6-4-3-5-13(12)14/h3-6,10-11,16,20,22H,7-9H2,1-2H3. The fourth-order valence-electron chi connectivity index (χ4n) is 3.04. The highest BCUT2D eigenvalue weighted by Gasteiger charge is 2.38. The number of aromatic amines is 1. The van der Waals surface area contributed by atoms with Crippen LogP contribution >= 0.6 is 11.8 Å². The van der Waals surface area contributed by atoms with E-state index in [-0.39, 0.29) is 28.8 Å². The highest BCUT2D eigenvalue weighted by molar-refractivity contribution is 7.99. The van der Waals surface area contributed by atoms with Gasteiger partial charge in [0.15, 0.2) is 17.6 Å². The summed E-state index contributed by atoms with van der Waals surface area (Å²) in [7, 11) is 0. The van der Waals surface area contributed by atoms with Crippen LogP contribution in [-0.4, -0.2) is 39.5 Å². The van der Waals surface area contributed by atoms with Gasteiger partial charge in [-0.1, -0.05) is 25.1 Å². The molecule has 0 spiro atoms. The van der Waals surface area contributed by atoms with Crippen molar-refractivity contribution in [1.29, 1.82) is 0 Å². The third kappa shape index (κ3) is 3.58. The number of carbonyl (C=O) groups is 2. The number of rotatable bonds is 7. The molecular formula is C19H21NO4S. The van der Waals surface area contributed by atoms with Crippen LogP contribution in [-0.2, 0) is 20.7 Å². The smallest absolute Gasteiger partial charge is 0.346 e. The summed E-state index contributed by atoms with van der Waals surface area (Å²) in [5, 5.41) is 11.5. The topological polar surface area (TPSA) is 79.4 Å². The maximum Gasteiger partial charge on any atom is 0.346 e. The van der Waals surface area contributed by atoms with E-state index in [0.717, 1.165) is 16.5 Å². The van der Waals surface area contributed by atoms with Crippen molar-refractivity contribution in [1.82, 2.24) is 4.98 Å². The lowest BCUT2D eigenvalue weighted by Gasteiger charge is -2.13. The Kier molecular flexibility index (Phi) is 5.18. The number of ether oxygens (including phenoxy) is 1. The molecule has 0 amide bonds. The van der Waals surface area contributed by atoms with E-state index >= 15 is 0 Å². The van der Waals surface area contributed by atoms with Gasteiger partial charge in [0.25, 0.3) is 0 Å². The molecule has 2 atom stereocenters. The number of aromatic nitrogens is 1. The average molecular weight is 359 g/mol. The van der Waals surface area contributed by atoms with Gasteiger partial charge in [-0.3, -0.25) is 4.79 Å². The fourth-order valence-corrected chi connectivity index (χ4v) is 3.40. The van der Waals surface area contributed by atoms with E-state index in [0.29, 0.717) is 12.8 Å². The van der Waals surface area contributed by atoms with Crippen molar-refractivity contribution in [3.8, 4) is 0 Å². The van der Waals surface area contributed by atoms with Gasteiger partial charge in [-0.15, -0.1) is 0 Å². The molecule has 1 aliphatic rings. The monoisotopic (exact) mass is 359 g/mol. The van der Waals surface area contributed by atoms with Crippen molar-refractivity contribution in [2.24, 2.45) is 0 Å². The average Bonchev–Trinajstić information content (AvgIpc) is 3.14. The van der Waals surface area contributed by atoms with Crippen LogP contribution in [0.5, 0.6) is 0 Å². The first-order valence-electron chi connectivity index (χ1n) is 8.26. The molecule has 0 aliphatic carbocycles. The molecule has 2 aromatic rings. The number of para-hydroxylation sites is 1. The number of carbonyl (C=O) groups excluding carboxylic acids is 2. The number of cyclic esters (lactones) is 1. The lowest BCUT2D eigenvalue weighted by Crippen LogP contribution is -2.16. The van der Waals surface area contributed by atoms with Crippen LogP contribution < -0.4 is 0 Å². The minimum Gasteiger partial charge on any atom is -0.507 e. The van der Waals surface area contributed by atoms with Gasteiger partial charge in [0, 0.05) is 35.2 Å². The van der Waals surface area contributed by atoms with Crippen molar-refractivity contribution in [3.63, 3.8) is 0 Å². The molecule has 0 fully saturated rings. The first-order chi connectivity index (χ1) is 12.0. The van der Waals surface area contributed by atoms with Gasteiger partial charge in [-0.25, -0.2) is 4.79 Å². The Balaban J connectivity index is 1.71. The third-order valence-electron chi connectivity index (χ3n) is 4.54. The van der Waals surface area contributed by atoms with Gasteiger partial charge in [0.05, 0.1) is 0 Å². The van der Waals surface area contributed by atoms with Crippen LogP contribution in [0.1, 0.15) is 25.3 Å². The number of aliphatic hydroxyl groups excluding tert-OH is 1. The number of nitrogens with one attached hydrogen (secondary N) is 1. The molecule has 0 bridgehead atoms. The molecule has 2 N–H and O–H groups in total. The lowest BCUT2D eigenvalue weighted by molar-refractivity contribution is -0.141. The summed E-state index contributed by atoms with van der Waals surface area (Å²) in [6.07, 6.45) is 4.28. The molecular weight excluding hydrogens is 338 g/mol. The molecule has 2 unspecified atom stereocenters. The van der Waals surface area contributed by atoms with E-state index in [1.165, 1.54) is 0 Å². The van der Waals surface area contributed by atoms with Crippen molar-refractivity contribution in [2.75, 3.05) is 6.26 Å². The summed E-state index contributed by atoms with van der Waals surface area (Å²) in [6, 6.07) is 7.86. The highest BCUT2D eigenvalue weighted by atomic mass is 32.2.